The molecule has 0 saturated heterocycles. The second-order valence-electron chi connectivity index (χ2n) is 4.80. The van der Waals surface area contributed by atoms with Gasteiger partial charge in [0.1, 0.15) is 0 Å². The van der Waals surface area contributed by atoms with Crippen molar-refractivity contribution in [1.29, 1.82) is 0 Å². The van der Waals surface area contributed by atoms with Crippen LogP contribution in [0.2, 0.25) is 0 Å². The molecule has 3 rings (SSSR count). The molecule has 108 valence electrons. The Morgan fingerprint density at radius 3 is 2.95 bits per heavy atom. The number of nitrogens with zero attached hydrogens (tertiary/aromatic N) is 3. The van der Waals surface area contributed by atoms with Crippen molar-refractivity contribution in [2.75, 3.05) is 18.6 Å². The first kappa shape index (κ1) is 13.4. The molecule has 0 saturated carbocycles. The van der Waals surface area contributed by atoms with Gasteiger partial charge in [0, 0.05) is 6.54 Å². The van der Waals surface area contributed by atoms with E-state index in [1.807, 2.05) is 24.3 Å². The summed E-state index contributed by atoms with van der Waals surface area (Å²) in [4.78, 5) is 21.8. The number of anilines is 1. The predicted octanol–water partition coefficient (Wildman–Crippen LogP) is 1.67. The third-order valence-corrected chi connectivity index (χ3v) is 3.62. The lowest BCUT2D eigenvalue weighted by atomic mass is 9.92. The number of aliphatic carboxylic acids is 1. The smallest absolute Gasteiger partial charge is 0.331 e. The normalized spacial score (nSPS) is 17.2. The Morgan fingerprint density at radius 1 is 1.38 bits per heavy atom. The number of methoxy groups -OCH3 is 1. The lowest BCUT2D eigenvalue weighted by Gasteiger charge is -2.35. The molecule has 1 unspecified atom stereocenters. The van der Waals surface area contributed by atoms with Gasteiger partial charge in [0.15, 0.2) is 11.9 Å². The molecule has 0 aliphatic carbocycles. The summed E-state index contributed by atoms with van der Waals surface area (Å²) in [5.74, 6) is -0.0153. The van der Waals surface area contributed by atoms with Crippen LogP contribution < -0.4 is 9.64 Å². The standard InChI is InChI=1S/C15H15N3O3/c1-21-13-9-16-8-12(17-13)18-7-6-10-4-2-3-5-11(10)14(18)15(19)20/h2-5,8-9,14H,6-7H2,1H3,(H,19,20). The summed E-state index contributed by atoms with van der Waals surface area (Å²) in [6, 6.07) is 6.86. The molecule has 1 aliphatic rings. The van der Waals surface area contributed by atoms with Crippen LogP contribution >= 0.6 is 0 Å². The Morgan fingerprint density at radius 2 is 2.19 bits per heavy atom. The molecule has 6 nitrogen and oxygen atoms in total. The number of ether oxygens (including phenoxy) is 1. The first-order valence-corrected chi connectivity index (χ1v) is 6.64. The van der Waals surface area contributed by atoms with E-state index in [1.165, 1.54) is 13.3 Å². The number of hydrogen-bond donors (Lipinski definition) is 1. The summed E-state index contributed by atoms with van der Waals surface area (Å²) < 4.78 is 5.06. The summed E-state index contributed by atoms with van der Waals surface area (Å²) in [6.07, 6.45) is 3.84. The zero-order valence-electron chi connectivity index (χ0n) is 11.6. The Bertz CT molecular complexity index is 675. The van der Waals surface area contributed by atoms with Crippen molar-refractivity contribution in [1.82, 2.24) is 9.97 Å². The number of carboxylic acids is 1. The third kappa shape index (κ3) is 2.40. The molecule has 1 N–H and O–H groups in total. The summed E-state index contributed by atoms with van der Waals surface area (Å²) in [7, 11) is 1.51. The zero-order chi connectivity index (χ0) is 14.8. The number of carbonyl (C=O) groups is 1. The van der Waals surface area contributed by atoms with E-state index in [4.69, 9.17) is 4.74 Å². The quantitative estimate of drug-likeness (QED) is 0.924. The van der Waals surface area contributed by atoms with Crippen LogP contribution in [-0.4, -0.2) is 34.7 Å². The van der Waals surface area contributed by atoms with Gasteiger partial charge in [-0.15, -0.1) is 0 Å². The fourth-order valence-electron chi connectivity index (χ4n) is 2.65. The molecule has 1 atom stereocenters. The maximum atomic E-state index is 11.7. The fraction of sp³-hybridized carbons (Fsp3) is 0.267. The van der Waals surface area contributed by atoms with E-state index in [0.29, 0.717) is 18.2 Å². The topological polar surface area (TPSA) is 75.5 Å². The third-order valence-electron chi connectivity index (χ3n) is 3.62. The number of aromatic nitrogens is 2. The number of carboxylic acid groups (broad SMARTS) is 1. The second-order valence-corrected chi connectivity index (χ2v) is 4.80. The average molecular weight is 285 g/mol. The van der Waals surface area contributed by atoms with Gasteiger partial charge < -0.3 is 14.7 Å². The van der Waals surface area contributed by atoms with E-state index < -0.39 is 12.0 Å². The van der Waals surface area contributed by atoms with Gasteiger partial charge in [-0.25, -0.2) is 4.79 Å². The largest absolute Gasteiger partial charge is 0.480 e. The van der Waals surface area contributed by atoms with E-state index in [9.17, 15) is 9.90 Å². The Hall–Kier alpha value is -2.63. The Balaban J connectivity index is 2.04. The summed E-state index contributed by atoms with van der Waals surface area (Å²) in [5.41, 5.74) is 1.87. The molecular formula is C15H15N3O3. The van der Waals surface area contributed by atoms with Crippen LogP contribution in [0.5, 0.6) is 5.88 Å². The van der Waals surface area contributed by atoms with Crippen molar-refractivity contribution in [3.8, 4) is 5.88 Å². The van der Waals surface area contributed by atoms with E-state index in [0.717, 1.165) is 17.5 Å². The molecule has 2 aromatic rings. The number of fused-ring (bicyclic) bond motifs is 1. The van der Waals surface area contributed by atoms with Crippen LogP contribution in [0.1, 0.15) is 17.2 Å². The lowest BCUT2D eigenvalue weighted by Crippen LogP contribution is -2.40. The summed E-state index contributed by atoms with van der Waals surface area (Å²) in [5, 5.41) is 9.62. The van der Waals surface area contributed by atoms with Gasteiger partial charge in [0.25, 0.3) is 0 Å². The number of benzene rings is 1. The van der Waals surface area contributed by atoms with Gasteiger partial charge in [-0.2, -0.15) is 4.98 Å². The number of hydrogen-bond acceptors (Lipinski definition) is 5. The highest BCUT2D eigenvalue weighted by atomic mass is 16.5. The minimum atomic E-state index is -0.897. The van der Waals surface area contributed by atoms with E-state index in [1.54, 1.807) is 11.1 Å². The SMILES string of the molecule is COc1cncc(N2CCc3ccccc3C2C(=O)O)n1. The van der Waals surface area contributed by atoms with Crippen molar-refractivity contribution >= 4 is 11.8 Å². The van der Waals surface area contributed by atoms with Gasteiger partial charge >= 0.3 is 5.97 Å². The molecule has 1 aromatic heterocycles. The minimum Gasteiger partial charge on any atom is -0.480 e. The highest BCUT2D eigenvalue weighted by Gasteiger charge is 2.33. The average Bonchev–Trinajstić information content (AvgIpc) is 2.53. The molecule has 21 heavy (non-hydrogen) atoms. The molecule has 1 aromatic carbocycles. The number of rotatable bonds is 3. The van der Waals surface area contributed by atoms with Crippen molar-refractivity contribution in [3.63, 3.8) is 0 Å². The van der Waals surface area contributed by atoms with Crippen molar-refractivity contribution in [2.45, 2.75) is 12.5 Å². The molecule has 2 heterocycles. The van der Waals surface area contributed by atoms with Gasteiger partial charge in [-0.3, -0.25) is 4.98 Å². The van der Waals surface area contributed by atoms with Gasteiger partial charge in [-0.05, 0) is 17.5 Å². The maximum absolute atomic E-state index is 11.7. The van der Waals surface area contributed by atoms with Crippen LogP contribution in [0.4, 0.5) is 5.82 Å². The molecule has 0 bridgehead atoms. The lowest BCUT2D eigenvalue weighted by molar-refractivity contribution is -0.138. The van der Waals surface area contributed by atoms with Gasteiger partial charge in [-0.1, -0.05) is 24.3 Å². The summed E-state index contributed by atoms with van der Waals surface area (Å²) >= 11 is 0. The van der Waals surface area contributed by atoms with E-state index >= 15 is 0 Å². The minimum absolute atomic E-state index is 0.371. The highest BCUT2D eigenvalue weighted by Crippen LogP contribution is 2.33. The maximum Gasteiger partial charge on any atom is 0.331 e. The van der Waals surface area contributed by atoms with E-state index in [-0.39, 0.29) is 0 Å². The first-order chi connectivity index (χ1) is 10.2. The van der Waals surface area contributed by atoms with Gasteiger partial charge in [0.2, 0.25) is 5.88 Å². The highest BCUT2D eigenvalue weighted by molar-refractivity contribution is 5.81. The molecule has 6 heteroatoms. The molecule has 0 amide bonds. The molecule has 0 fully saturated rings. The Labute approximate surface area is 122 Å². The zero-order valence-corrected chi connectivity index (χ0v) is 11.6. The van der Waals surface area contributed by atoms with E-state index in [2.05, 4.69) is 9.97 Å². The monoisotopic (exact) mass is 285 g/mol. The molecule has 0 radical (unpaired) electrons. The van der Waals surface area contributed by atoms with Crippen molar-refractivity contribution in [2.24, 2.45) is 0 Å². The molecule has 1 aliphatic heterocycles. The fourth-order valence-corrected chi connectivity index (χ4v) is 2.65. The van der Waals surface area contributed by atoms with Crippen LogP contribution in [0, 0.1) is 0 Å². The molecular weight excluding hydrogens is 270 g/mol. The van der Waals surface area contributed by atoms with Gasteiger partial charge in [0.05, 0.1) is 19.5 Å². The summed E-state index contributed by atoms with van der Waals surface area (Å²) in [6.45, 7) is 0.579. The van der Waals surface area contributed by atoms with Crippen LogP contribution in [0.25, 0.3) is 0 Å². The van der Waals surface area contributed by atoms with Crippen LogP contribution in [-0.2, 0) is 11.2 Å². The van der Waals surface area contributed by atoms with Crippen molar-refractivity contribution in [3.05, 3.63) is 47.8 Å². The second kappa shape index (κ2) is 5.40. The first-order valence-electron chi connectivity index (χ1n) is 6.64. The van der Waals surface area contributed by atoms with Crippen LogP contribution in [0.3, 0.4) is 0 Å². The van der Waals surface area contributed by atoms with Crippen LogP contribution in [0.15, 0.2) is 36.7 Å². The predicted molar refractivity (Wildman–Crippen MR) is 76.5 cm³/mol. The Kier molecular flexibility index (Phi) is 3.43. The van der Waals surface area contributed by atoms with Crippen molar-refractivity contribution < 1.29 is 14.6 Å². The molecule has 0 spiro atoms.